The number of ether oxygens (including phenoxy) is 1. The van der Waals surface area contributed by atoms with Crippen LogP contribution in [0.2, 0.25) is 0 Å². The average molecular weight is 352 g/mol. The number of hydrogen-bond donors (Lipinski definition) is 1. The van der Waals surface area contributed by atoms with E-state index in [4.69, 9.17) is 4.74 Å². The highest BCUT2D eigenvalue weighted by Crippen LogP contribution is 2.21. The normalized spacial score (nSPS) is 10.4. The Morgan fingerprint density at radius 1 is 1.24 bits per heavy atom. The number of rotatable bonds is 5. The molecule has 0 aliphatic rings. The van der Waals surface area contributed by atoms with Gasteiger partial charge in [0.05, 0.1) is 16.6 Å². The van der Waals surface area contributed by atoms with E-state index < -0.39 is 11.7 Å². The average Bonchev–Trinajstić information content (AvgIpc) is 2.49. The number of hydrogen-bond acceptors (Lipinski definition) is 2. The molecule has 1 amide bonds. The molecule has 0 saturated heterocycles. The first-order chi connectivity index (χ1) is 10.1. The summed E-state index contributed by atoms with van der Waals surface area (Å²) in [6.45, 7) is 2.88. The van der Waals surface area contributed by atoms with E-state index in [0.29, 0.717) is 18.9 Å². The summed E-state index contributed by atoms with van der Waals surface area (Å²) in [5.41, 5.74) is 1.47. The van der Waals surface area contributed by atoms with Crippen LogP contribution in [0.25, 0.3) is 0 Å². The Bertz CT molecular complexity index is 646. The number of carbonyl (C=O) groups excluding carboxylic acids is 1. The molecule has 0 spiro atoms. The predicted molar refractivity (Wildman–Crippen MR) is 83.8 cm³/mol. The minimum atomic E-state index is -0.572. The van der Waals surface area contributed by atoms with Gasteiger partial charge in [-0.15, -0.1) is 0 Å². The lowest BCUT2D eigenvalue weighted by Gasteiger charge is -2.11. The van der Waals surface area contributed by atoms with Crippen LogP contribution in [0.1, 0.15) is 22.8 Å². The van der Waals surface area contributed by atoms with E-state index in [2.05, 4.69) is 21.2 Å². The fourth-order valence-electron chi connectivity index (χ4n) is 1.85. The van der Waals surface area contributed by atoms with Crippen molar-refractivity contribution < 1.29 is 13.9 Å². The zero-order valence-electron chi connectivity index (χ0n) is 11.5. The van der Waals surface area contributed by atoms with Gasteiger partial charge in [-0.05, 0) is 41.1 Å². The minimum absolute atomic E-state index is 0.00409. The third-order valence-electron chi connectivity index (χ3n) is 2.92. The third kappa shape index (κ3) is 3.89. The van der Waals surface area contributed by atoms with E-state index in [-0.39, 0.29) is 10.0 Å². The van der Waals surface area contributed by atoms with Gasteiger partial charge in [0.25, 0.3) is 5.91 Å². The van der Waals surface area contributed by atoms with Gasteiger partial charge < -0.3 is 10.1 Å². The van der Waals surface area contributed by atoms with Crippen molar-refractivity contribution in [2.45, 2.75) is 13.5 Å². The van der Waals surface area contributed by atoms with Crippen molar-refractivity contribution in [3.8, 4) is 0 Å². The summed E-state index contributed by atoms with van der Waals surface area (Å²) in [6, 6.07) is 11.9. The first kappa shape index (κ1) is 15.7. The van der Waals surface area contributed by atoms with Gasteiger partial charge in [0.2, 0.25) is 0 Å². The van der Waals surface area contributed by atoms with E-state index in [1.54, 1.807) is 18.2 Å². The van der Waals surface area contributed by atoms with Crippen molar-refractivity contribution >= 4 is 27.5 Å². The maximum Gasteiger partial charge on any atom is 0.258 e. The van der Waals surface area contributed by atoms with Gasteiger partial charge in [-0.1, -0.05) is 24.3 Å². The monoisotopic (exact) mass is 351 g/mol. The van der Waals surface area contributed by atoms with E-state index in [1.165, 1.54) is 6.07 Å². The second-order valence-corrected chi connectivity index (χ2v) is 5.20. The molecule has 0 saturated carbocycles. The Hall–Kier alpha value is -1.72. The largest absolute Gasteiger partial charge is 0.377 e. The van der Waals surface area contributed by atoms with Crippen LogP contribution < -0.4 is 5.32 Å². The van der Waals surface area contributed by atoms with Crippen LogP contribution in [0.5, 0.6) is 0 Å². The van der Waals surface area contributed by atoms with Crippen molar-refractivity contribution in [2.75, 3.05) is 11.9 Å². The fourth-order valence-corrected chi connectivity index (χ4v) is 2.22. The molecule has 0 atom stereocenters. The number of carbonyl (C=O) groups is 1. The first-order valence-corrected chi connectivity index (χ1v) is 7.33. The number of anilines is 1. The van der Waals surface area contributed by atoms with Crippen molar-refractivity contribution in [1.29, 1.82) is 0 Å². The van der Waals surface area contributed by atoms with E-state index in [0.717, 1.165) is 5.56 Å². The van der Waals surface area contributed by atoms with Crippen LogP contribution in [0.15, 0.2) is 46.9 Å². The van der Waals surface area contributed by atoms with Crippen LogP contribution in [0, 0.1) is 5.82 Å². The molecule has 110 valence electrons. The van der Waals surface area contributed by atoms with E-state index in [9.17, 15) is 9.18 Å². The van der Waals surface area contributed by atoms with Crippen molar-refractivity contribution in [2.24, 2.45) is 0 Å². The molecule has 2 aromatic carbocycles. The van der Waals surface area contributed by atoms with Gasteiger partial charge in [0.15, 0.2) is 0 Å². The Balaban J connectivity index is 2.22. The molecule has 2 aromatic rings. The molecule has 0 fully saturated rings. The molecule has 2 rings (SSSR count). The van der Waals surface area contributed by atoms with Crippen LogP contribution in [-0.4, -0.2) is 12.5 Å². The van der Waals surface area contributed by atoms with Crippen molar-refractivity contribution in [3.63, 3.8) is 0 Å². The molecule has 0 radical (unpaired) electrons. The van der Waals surface area contributed by atoms with Gasteiger partial charge in [0, 0.05) is 17.9 Å². The highest BCUT2D eigenvalue weighted by atomic mass is 79.9. The quantitative estimate of drug-likeness (QED) is 0.868. The summed E-state index contributed by atoms with van der Waals surface area (Å²) >= 11 is 3.07. The van der Waals surface area contributed by atoms with Crippen LogP contribution in [0.3, 0.4) is 0 Å². The van der Waals surface area contributed by atoms with Gasteiger partial charge in [-0.3, -0.25) is 4.79 Å². The number of halogens is 2. The lowest BCUT2D eigenvalue weighted by molar-refractivity contribution is 0.102. The molecule has 3 nitrogen and oxygen atoms in total. The van der Waals surface area contributed by atoms with Gasteiger partial charge in [0.1, 0.15) is 5.82 Å². The molecule has 0 aliphatic carbocycles. The Morgan fingerprint density at radius 2 is 2.00 bits per heavy atom. The lowest BCUT2D eigenvalue weighted by atomic mass is 10.1. The number of amides is 1. The molecule has 1 N–H and O–H groups in total. The number of para-hydroxylation sites is 1. The standard InChI is InChI=1S/C16H15BrFNO2/c1-2-21-10-11-6-3-4-9-14(11)19-16(20)12-7-5-8-13(17)15(12)18/h3-9H,2,10H2,1H3,(H,19,20). The van der Waals surface area contributed by atoms with Crippen LogP contribution in [-0.2, 0) is 11.3 Å². The van der Waals surface area contributed by atoms with E-state index in [1.807, 2.05) is 25.1 Å². The number of nitrogens with one attached hydrogen (secondary N) is 1. The second-order valence-electron chi connectivity index (χ2n) is 4.35. The molecule has 0 bridgehead atoms. The van der Waals surface area contributed by atoms with E-state index >= 15 is 0 Å². The van der Waals surface area contributed by atoms with Gasteiger partial charge >= 0.3 is 0 Å². The molecule has 21 heavy (non-hydrogen) atoms. The Labute approximate surface area is 131 Å². The predicted octanol–water partition coefficient (Wildman–Crippen LogP) is 4.38. The first-order valence-electron chi connectivity index (χ1n) is 6.54. The highest BCUT2D eigenvalue weighted by molar-refractivity contribution is 9.10. The fraction of sp³-hybridized carbons (Fsp3) is 0.188. The SMILES string of the molecule is CCOCc1ccccc1NC(=O)c1cccc(Br)c1F. The van der Waals surface area contributed by atoms with Crippen molar-refractivity contribution in [1.82, 2.24) is 0 Å². The molecule has 0 aliphatic heterocycles. The summed E-state index contributed by atoms with van der Waals surface area (Å²) in [5, 5.41) is 2.72. The third-order valence-corrected chi connectivity index (χ3v) is 3.54. The maximum atomic E-state index is 13.9. The summed E-state index contributed by atoms with van der Waals surface area (Å²) in [4.78, 5) is 12.2. The molecule has 0 aromatic heterocycles. The summed E-state index contributed by atoms with van der Waals surface area (Å²) < 4.78 is 19.5. The Morgan fingerprint density at radius 3 is 2.76 bits per heavy atom. The summed E-state index contributed by atoms with van der Waals surface area (Å²) in [6.07, 6.45) is 0. The maximum absolute atomic E-state index is 13.9. The lowest BCUT2D eigenvalue weighted by Crippen LogP contribution is -2.15. The molecule has 5 heteroatoms. The minimum Gasteiger partial charge on any atom is -0.377 e. The molecular formula is C16H15BrFNO2. The zero-order chi connectivity index (χ0) is 15.2. The molecule has 0 unspecified atom stereocenters. The van der Waals surface area contributed by atoms with Gasteiger partial charge in [-0.25, -0.2) is 4.39 Å². The summed E-state index contributed by atoms with van der Waals surface area (Å²) in [7, 11) is 0. The second kappa shape index (κ2) is 7.33. The summed E-state index contributed by atoms with van der Waals surface area (Å²) in [5.74, 6) is -1.06. The van der Waals surface area contributed by atoms with Crippen molar-refractivity contribution in [3.05, 3.63) is 63.9 Å². The smallest absolute Gasteiger partial charge is 0.258 e. The molecular weight excluding hydrogens is 337 g/mol. The zero-order valence-corrected chi connectivity index (χ0v) is 13.1. The highest BCUT2D eigenvalue weighted by Gasteiger charge is 2.15. The van der Waals surface area contributed by atoms with Crippen LogP contribution in [0.4, 0.5) is 10.1 Å². The Kier molecular flexibility index (Phi) is 5.47. The molecule has 0 heterocycles. The number of benzene rings is 2. The topological polar surface area (TPSA) is 38.3 Å². The van der Waals surface area contributed by atoms with Gasteiger partial charge in [-0.2, -0.15) is 0 Å². The van der Waals surface area contributed by atoms with Crippen LogP contribution >= 0.6 is 15.9 Å².